The van der Waals surface area contributed by atoms with Crippen molar-refractivity contribution >= 4 is 58.4 Å². The van der Waals surface area contributed by atoms with Gasteiger partial charge in [0, 0.05) is 97.1 Å². The van der Waals surface area contributed by atoms with Gasteiger partial charge in [0.05, 0.1) is 0 Å². The van der Waals surface area contributed by atoms with Crippen molar-refractivity contribution in [3.63, 3.8) is 0 Å². The summed E-state index contributed by atoms with van der Waals surface area (Å²) in [6.07, 6.45) is 0. The van der Waals surface area contributed by atoms with Crippen molar-refractivity contribution in [2.75, 3.05) is 0 Å². The molecule has 0 bridgehead atoms. The van der Waals surface area contributed by atoms with Crippen LogP contribution in [0, 0.1) is 0 Å². The van der Waals surface area contributed by atoms with Crippen LogP contribution in [-0.4, -0.2) is 0 Å². The van der Waals surface area contributed by atoms with Crippen LogP contribution in [0.1, 0.15) is 0 Å². The Bertz CT molecular complexity index is 2160. The van der Waals surface area contributed by atoms with E-state index >= 15 is 0 Å². The summed E-state index contributed by atoms with van der Waals surface area (Å²) in [5, 5.41) is -0.157. The number of rotatable bonds is 9. The molecule has 9 aromatic carbocycles. The van der Waals surface area contributed by atoms with Gasteiger partial charge in [0.25, 0.3) is 0 Å². The Hall–Kier alpha value is -6.95. The van der Waals surface area contributed by atoms with E-state index in [4.69, 9.17) is 0 Å². The predicted octanol–water partition coefficient (Wildman–Crippen LogP) is 13.2. The number of para-hydroxylation sites is 8. The number of hydrogen-bond donors (Lipinski definition) is 0. The Morgan fingerprint density at radius 3 is 0.483 bits per heavy atom. The molecule has 9 rings (SSSR count). The highest BCUT2D eigenvalue weighted by atomic mass is 31.2. The summed E-state index contributed by atoms with van der Waals surface area (Å²) in [5.41, 5.74) is 9.71. The van der Waals surface area contributed by atoms with Crippen LogP contribution < -0.4 is 24.1 Å². The van der Waals surface area contributed by atoms with E-state index in [9.17, 15) is 14.4 Å². The normalized spacial score (nSPS) is 11.2. The first-order valence-electron chi connectivity index (χ1n) is 19.8. The van der Waals surface area contributed by atoms with E-state index in [0.29, 0.717) is 8.97 Å². The summed E-state index contributed by atoms with van der Waals surface area (Å²) in [5.74, 6) is 0. The molecule has 0 spiro atoms. The third-order valence-corrected chi connectivity index (χ3v) is 11.2. The number of nitrogens with zero attached hydrogens (tertiary/aromatic N) is 2. The fourth-order valence-corrected chi connectivity index (χ4v) is 8.15. The summed E-state index contributed by atoms with van der Waals surface area (Å²) in [7, 11) is -4.52. The van der Waals surface area contributed by atoms with Gasteiger partial charge in [0.15, 0.2) is 0 Å². The Balaban J connectivity index is 0.000000148. The Kier molecular flexibility index (Phi) is 13.5. The van der Waals surface area contributed by atoms with Gasteiger partial charge in [-0.25, -0.2) is 0 Å². The maximum atomic E-state index is 10.3. The molecule has 0 fully saturated rings. The topological polar surface area (TPSA) is 63.2 Å². The van der Waals surface area contributed by atoms with Crippen LogP contribution in [0.4, 0.5) is 45.5 Å². The van der Waals surface area contributed by atoms with Gasteiger partial charge < -0.3 is 14.4 Å². The van der Waals surface area contributed by atoms with E-state index in [2.05, 4.69) is 243 Å². The van der Waals surface area contributed by atoms with Crippen LogP contribution in [0.3, 0.4) is 0 Å². The minimum Gasteiger partial charge on any atom is -0.807 e. The molecule has 0 amide bonds. The van der Waals surface area contributed by atoms with E-state index in [1.165, 1.54) is 69.8 Å². The van der Waals surface area contributed by atoms with Gasteiger partial charge in [-0.1, -0.05) is 176 Å². The summed E-state index contributed by atoms with van der Waals surface area (Å²) in [4.78, 5) is 20.6. The fraction of sp³-hybridized carbons (Fsp3) is 0. The average molecular weight is 801 g/mol. The monoisotopic (exact) mass is 800 g/mol. The van der Waals surface area contributed by atoms with Crippen LogP contribution in [0.2, 0.25) is 0 Å². The molecule has 0 radical (unpaired) electrons. The summed E-state index contributed by atoms with van der Waals surface area (Å²) in [6, 6.07) is 92.7. The highest BCUT2D eigenvalue weighted by molar-refractivity contribution is 7.57. The summed E-state index contributed by atoms with van der Waals surface area (Å²) >= 11 is 0. The zero-order valence-electron chi connectivity index (χ0n) is 33.0. The third kappa shape index (κ3) is 9.02. The fourth-order valence-electron chi connectivity index (χ4n) is 7.61. The second kappa shape index (κ2) is 19.7. The number of quaternary nitrogens is 2. The SMILES string of the molecule is O=P([O-])([O-])c1ccccc1.c1ccc([N+](c2ccccc2)(c2ccccc2)c2ccccc2)cc1.c1ccc([N+](c2ccccc2)(c2ccccc2)c2ccccc2)cc1. The maximum absolute atomic E-state index is 10.3. The molecule has 294 valence electrons. The van der Waals surface area contributed by atoms with Gasteiger partial charge in [0.2, 0.25) is 0 Å². The van der Waals surface area contributed by atoms with Crippen molar-refractivity contribution in [3.8, 4) is 0 Å². The second-order valence-corrected chi connectivity index (χ2v) is 15.4. The molecular formula is C54H45N2O3P. The molecule has 0 aliphatic heterocycles. The van der Waals surface area contributed by atoms with Crippen molar-refractivity contribution in [1.29, 1.82) is 0 Å². The molecule has 0 heterocycles. The lowest BCUT2D eigenvalue weighted by molar-refractivity contribution is -0.307. The molecule has 0 N–H and O–H groups in total. The van der Waals surface area contributed by atoms with Gasteiger partial charge in [0.1, 0.15) is 45.5 Å². The second-order valence-electron chi connectivity index (χ2n) is 13.9. The predicted molar refractivity (Wildman–Crippen MR) is 247 cm³/mol. The molecule has 0 aliphatic carbocycles. The molecule has 6 heteroatoms. The van der Waals surface area contributed by atoms with Crippen LogP contribution in [0.5, 0.6) is 0 Å². The van der Waals surface area contributed by atoms with E-state index in [1.807, 2.05) is 0 Å². The molecule has 5 nitrogen and oxygen atoms in total. The van der Waals surface area contributed by atoms with Crippen LogP contribution >= 0.6 is 7.60 Å². The Labute approximate surface area is 353 Å². The lowest BCUT2D eigenvalue weighted by Crippen LogP contribution is -2.33. The molecule has 0 unspecified atom stereocenters. The van der Waals surface area contributed by atoms with Crippen molar-refractivity contribution in [2.45, 2.75) is 0 Å². The summed E-state index contributed by atoms with van der Waals surface area (Å²) in [6.45, 7) is 0. The van der Waals surface area contributed by atoms with Crippen LogP contribution in [-0.2, 0) is 4.57 Å². The van der Waals surface area contributed by atoms with Crippen molar-refractivity contribution in [2.24, 2.45) is 0 Å². The molecule has 0 aliphatic rings. The van der Waals surface area contributed by atoms with Gasteiger partial charge in [-0.15, -0.1) is 0 Å². The average Bonchev–Trinajstić information content (AvgIpc) is 3.33. The van der Waals surface area contributed by atoms with Gasteiger partial charge in [-0.05, 0) is 12.9 Å². The number of benzene rings is 9. The highest BCUT2D eigenvalue weighted by Gasteiger charge is 2.40. The maximum Gasteiger partial charge on any atom is 0.148 e. The Morgan fingerprint density at radius 1 is 0.233 bits per heavy atom. The van der Waals surface area contributed by atoms with Gasteiger partial charge >= 0.3 is 0 Å². The minimum atomic E-state index is -4.52. The Morgan fingerprint density at radius 2 is 0.367 bits per heavy atom. The van der Waals surface area contributed by atoms with E-state index in [-0.39, 0.29) is 5.30 Å². The quantitative estimate of drug-likeness (QED) is 0.108. The van der Waals surface area contributed by atoms with Crippen molar-refractivity contribution in [3.05, 3.63) is 273 Å². The molecule has 0 saturated heterocycles. The van der Waals surface area contributed by atoms with Crippen molar-refractivity contribution in [1.82, 2.24) is 8.97 Å². The lowest BCUT2D eigenvalue weighted by Gasteiger charge is -2.37. The first-order chi connectivity index (χ1) is 29.4. The minimum absolute atomic E-state index is 0.157. The highest BCUT2D eigenvalue weighted by Crippen LogP contribution is 2.52. The smallest absolute Gasteiger partial charge is 0.148 e. The molecule has 9 aromatic rings. The van der Waals surface area contributed by atoms with E-state index < -0.39 is 7.60 Å². The standard InChI is InChI=1S/2C24H20N.C6H7O3P/c2*1-5-13-21(14-6-1)25(22-15-7-2-8-16-22,23-17-9-3-10-18-23)24-19-11-4-12-20-24;7-10(8,9)6-4-2-1-3-5-6/h2*1-20H;1-5H,(H2,7,8,9)/q2*+1;/p-2. The van der Waals surface area contributed by atoms with Crippen LogP contribution in [0.15, 0.2) is 273 Å². The zero-order valence-corrected chi connectivity index (χ0v) is 33.9. The lowest BCUT2D eigenvalue weighted by atomic mass is 10.1. The first kappa shape index (κ1) is 41.2. The van der Waals surface area contributed by atoms with Crippen LogP contribution in [0.25, 0.3) is 0 Å². The third-order valence-electron chi connectivity index (χ3n) is 10.2. The van der Waals surface area contributed by atoms with E-state index in [0.717, 1.165) is 0 Å². The number of hydrogen-bond acceptors (Lipinski definition) is 3. The van der Waals surface area contributed by atoms with Gasteiger partial charge in [-0.2, -0.15) is 8.97 Å². The molecular weight excluding hydrogens is 756 g/mol. The zero-order chi connectivity index (χ0) is 41.5. The molecule has 0 saturated carbocycles. The largest absolute Gasteiger partial charge is 0.807 e. The summed E-state index contributed by atoms with van der Waals surface area (Å²) < 4.78 is 11.4. The molecule has 60 heavy (non-hydrogen) atoms. The van der Waals surface area contributed by atoms with Gasteiger partial charge in [-0.3, -0.25) is 0 Å². The molecule has 0 aromatic heterocycles. The molecule has 0 atom stereocenters. The van der Waals surface area contributed by atoms with E-state index in [1.54, 1.807) is 6.07 Å². The first-order valence-corrected chi connectivity index (χ1v) is 21.3. The van der Waals surface area contributed by atoms with Crippen molar-refractivity contribution < 1.29 is 14.4 Å².